The highest BCUT2D eigenvalue weighted by Crippen LogP contribution is 2.29. The number of anilines is 3. The molecule has 0 fully saturated rings. The van der Waals surface area contributed by atoms with Gasteiger partial charge < -0.3 is 11.1 Å². The first-order valence-electron chi connectivity index (χ1n) is 4.83. The maximum absolute atomic E-state index is 13.6. The minimum atomic E-state index is -0.402. The van der Waals surface area contributed by atoms with Crippen LogP contribution >= 0.6 is 27.5 Å². The minimum absolute atomic E-state index is 0.361. The summed E-state index contributed by atoms with van der Waals surface area (Å²) in [4.78, 5) is 0. The lowest BCUT2D eigenvalue weighted by Gasteiger charge is -2.10. The molecule has 0 aliphatic carbocycles. The highest BCUT2D eigenvalue weighted by atomic mass is 79.9. The number of halogens is 3. The van der Waals surface area contributed by atoms with E-state index in [1.165, 1.54) is 6.07 Å². The van der Waals surface area contributed by atoms with Gasteiger partial charge in [0.15, 0.2) is 0 Å². The molecule has 0 aromatic heterocycles. The van der Waals surface area contributed by atoms with Gasteiger partial charge in [0.25, 0.3) is 0 Å². The zero-order valence-electron chi connectivity index (χ0n) is 8.68. The fourth-order valence-electron chi connectivity index (χ4n) is 1.37. The molecule has 0 aliphatic heterocycles. The predicted molar refractivity (Wildman–Crippen MR) is 73.2 cm³/mol. The predicted octanol–water partition coefficient (Wildman–Crippen LogP) is 4.57. The van der Waals surface area contributed by atoms with E-state index in [2.05, 4.69) is 21.2 Å². The van der Waals surface area contributed by atoms with Gasteiger partial charge in [-0.1, -0.05) is 11.6 Å². The van der Waals surface area contributed by atoms with Gasteiger partial charge >= 0.3 is 0 Å². The minimum Gasteiger partial charge on any atom is -0.399 e. The van der Waals surface area contributed by atoms with Crippen LogP contribution in [-0.4, -0.2) is 0 Å². The third kappa shape index (κ3) is 2.90. The lowest BCUT2D eigenvalue weighted by Crippen LogP contribution is -1.95. The van der Waals surface area contributed by atoms with Crippen LogP contribution in [0.5, 0.6) is 0 Å². The van der Waals surface area contributed by atoms with Crippen molar-refractivity contribution in [3.8, 4) is 0 Å². The third-order valence-electron chi connectivity index (χ3n) is 2.19. The Morgan fingerprint density at radius 3 is 2.47 bits per heavy atom. The molecule has 3 N–H and O–H groups in total. The van der Waals surface area contributed by atoms with Crippen molar-refractivity contribution in [1.82, 2.24) is 0 Å². The fraction of sp³-hybridized carbons (Fsp3) is 0. The monoisotopic (exact) mass is 314 g/mol. The van der Waals surface area contributed by atoms with Crippen LogP contribution in [-0.2, 0) is 0 Å². The summed E-state index contributed by atoms with van der Waals surface area (Å²) in [5.74, 6) is -0.402. The number of benzene rings is 2. The van der Waals surface area contributed by atoms with Gasteiger partial charge in [0.2, 0.25) is 0 Å². The molecule has 0 amide bonds. The molecule has 17 heavy (non-hydrogen) atoms. The Hall–Kier alpha value is -1.26. The quantitative estimate of drug-likeness (QED) is 0.797. The maximum atomic E-state index is 13.6. The number of nitrogen functional groups attached to an aromatic ring is 1. The number of rotatable bonds is 2. The van der Waals surface area contributed by atoms with Gasteiger partial charge in [-0.25, -0.2) is 4.39 Å². The first kappa shape index (κ1) is 12.2. The molecule has 88 valence electrons. The lowest BCUT2D eigenvalue weighted by molar-refractivity contribution is 0.632. The van der Waals surface area contributed by atoms with Gasteiger partial charge in [-0.3, -0.25) is 0 Å². The highest BCUT2D eigenvalue weighted by molar-refractivity contribution is 9.10. The van der Waals surface area contributed by atoms with Crippen molar-refractivity contribution in [2.75, 3.05) is 11.1 Å². The Morgan fingerprint density at radius 2 is 1.82 bits per heavy atom. The third-order valence-corrected chi connectivity index (χ3v) is 3.08. The van der Waals surface area contributed by atoms with Crippen LogP contribution < -0.4 is 11.1 Å². The van der Waals surface area contributed by atoms with E-state index in [9.17, 15) is 4.39 Å². The zero-order valence-corrected chi connectivity index (χ0v) is 11.0. The molecular formula is C12H9BrClFN2. The number of hydrogen-bond acceptors (Lipinski definition) is 2. The molecule has 0 saturated heterocycles. The summed E-state index contributed by atoms with van der Waals surface area (Å²) in [6.45, 7) is 0. The van der Waals surface area contributed by atoms with Gasteiger partial charge in [-0.05, 0) is 52.3 Å². The van der Waals surface area contributed by atoms with Crippen LogP contribution in [0.4, 0.5) is 21.5 Å². The first-order chi connectivity index (χ1) is 8.06. The average molecular weight is 316 g/mol. The molecule has 0 bridgehead atoms. The van der Waals surface area contributed by atoms with Crippen LogP contribution in [0.1, 0.15) is 0 Å². The van der Waals surface area contributed by atoms with Crippen molar-refractivity contribution in [1.29, 1.82) is 0 Å². The van der Waals surface area contributed by atoms with Gasteiger partial charge in [-0.2, -0.15) is 0 Å². The molecule has 2 aromatic carbocycles. The summed E-state index contributed by atoms with van der Waals surface area (Å²) in [6, 6.07) is 9.72. The summed E-state index contributed by atoms with van der Waals surface area (Å²) >= 11 is 9.03. The van der Waals surface area contributed by atoms with Gasteiger partial charge in [0, 0.05) is 15.2 Å². The van der Waals surface area contributed by atoms with Crippen molar-refractivity contribution in [2.45, 2.75) is 0 Å². The first-order valence-corrected chi connectivity index (χ1v) is 6.00. The second-order valence-electron chi connectivity index (χ2n) is 3.49. The topological polar surface area (TPSA) is 38.0 Å². The second-order valence-corrected chi connectivity index (χ2v) is 4.78. The van der Waals surface area contributed by atoms with Crippen LogP contribution in [0, 0.1) is 5.82 Å². The summed E-state index contributed by atoms with van der Waals surface area (Å²) in [5, 5.41) is 3.32. The normalized spacial score (nSPS) is 10.3. The molecule has 0 radical (unpaired) electrons. The van der Waals surface area contributed by atoms with E-state index in [4.69, 9.17) is 17.3 Å². The molecule has 0 saturated carbocycles. The molecular weight excluding hydrogens is 307 g/mol. The molecule has 2 nitrogen and oxygen atoms in total. The Balaban J connectivity index is 2.31. The van der Waals surface area contributed by atoms with Crippen molar-refractivity contribution in [3.63, 3.8) is 0 Å². The van der Waals surface area contributed by atoms with Gasteiger partial charge in [-0.15, -0.1) is 0 Å². The number of nitrogens with two attached hydrogens (primary N) is 1. The SMILES string of the molecule is Nc1ccc(Nc2ccc(Cl)cc2F)c(Br)c1. The second kappa shape index (κ2) is 4.94. The van der Waals surface area contributed by atoms with Crippen LogP contribution in [0.3, 0.4) is 0 Å². The standard InChI is InChI=1S/C12H9BrClFN2/c13-9-6-8(16)2-4-11(9)17-12-3-1-7(14)5-10(12)15/h1-6,17H,16H2. The Kier molecular flexibility index (Phi) is 3.54. The summed E-state index contributed by atoms with van der Waals surface area (Å²) in [5.41, 5.74) is 7.36. The molecule has 0 unspecified atom stereocenters. The molecule has 0 aliphatic rings. The Bertz CT molecular complexity index is 511. The Labute approximate surface area is 112 Å². The van der Waals surface area contributed by atoms with Crippen molar-refractivity contribution >= 4 is 44.6 Å². The smallest absolute Gasteiger partial charge is 0.148 e. The largest absolute Gasteiger partial charge is 0.399 e. The van der Waals surface area contributed by atoms with Crippen LogP contribution in [0.15, 0.2) is 40.9 Å². The van der Waals surface area contributed by atoms with E-state index in [1.807, 2.05) is 0 Å². The summed E-state index contributed by atoms with van der Waals surface area (Å²) in [7, 11) is 0. The van der Waals surface area contributed by atoms with E-state index in [0.717, 1.165) is 10.2 Å². The molecule has 2 aromatic rings. The number of hydrogen-bond donors (Lipinski definition) is 2. The number of nitrogens with one attached hydrogen (secondary N) is 1. The average Bonchev–Trinajstić information content (AvgIpc) is 2.25. The van der Waals surface area contributed by atoms with Crippen LogP contribution in [0.25, 0.3) is 0 Å². The molecule has 0 spiro atoms. The summed E-state index contributed by atoms with van der Waals surface area (Å²) in [6.07, 6.45) is 0. The molecule has 0 heterocycles. The zero-order chi connectivity index (χ0) is 12.4. The van der Waals surface area contributed by atoms with Crippen LogP contribution in [0.2, 0.25) is 5.02 Å². The maximum Gasteiger partial charge on any atom is 0.148 e. The van der Waals surface area contributed by atoms with Crippen molar-refractivity contribution in [2.24, 2.45) is 0 Å². The highest BCUT2D eigenvalue weighted by Gasteiger charge is 2.05. The van der Waals surface area contributed by atoms with E-state index in [-0.39, 0.29) is 0 Å². The fourth-order valence-corrected chi connectivity index (χ4v) is 2.02. The molecule has 2 rings (SSSR count). The Morgan fingerprint density at radius 1 is 1.12 bits per heavy atom. The van der Waals surface area contributed by atoms with Crippen molar-refractivity contribution < 1.29 is 4.39 Å². The van der Waals surface area contributed by atoms with E-state index in [0.29, 0.717) is 16.4 Å². The molecule has 0 atom stereocenters. The van der Waals surface area contributed by atoms with E-state index >= 15 is 0 Å². The lowest BCUT2D eigenvalue weighted by atomic mass is 10.2. The van der Waals surface area contributed by atoms with Crippen molar-refractivity contribution in [3.05, 3.63) is 51.7 Å². The van der Waals surface area contributed by atoms with E-state index < -0.39 is 5.82 Å². The van der Waals surface area contributed by atoms with E-state index in [1.54, 1.807) is 30.3 Å². The van der Waals surface area contributed by atoms with Gasteiger partial charge in [0.05, 0.1) is 11.4 Å². The van der Waals surface area contributed by atoms with Gasteiger partial charge in [0.1, 0.15) is 5.82 Å². The summed E-state index contributed by atoms with van der Waals surface area (Å²) < 4.78 is 14.3. The molecule has 5 heteroatoms.